The van der Waals surface area contributed by atoms with Gasteiger partial charge in [-0.05, 0) is 18.7 Å². The molecule has 0 radical (unpaired) electrons. The molecule has 0 aliphatic heterocycles. The number of hydrogen-bond donors (Lipinski definition) is 1. The molecule has 0 spiro atoms. The fourth-order valence-corrected chi connectivity index (χ4v) is 0.394. The summed E-state index contributed by atoms with van der Waals surface area (Å²) in [6.45, 7) is 6.29. The Kier molecular flexibility index (Phi) is 4.71. The van der Waals surface area contributed by atoms with Crippen LogP contribution in [0.5, 0.6) is 0 Å². The summed E-state index contributed by atoms with van der Waals surface area (Å²) in [6.07, 6.45) is 3.82. The molecule has 0 atom stereocenters. The van der Waals surface area contributed by atoms with Crippen LogP contribution in [0.4, 0.5) is 0 Å². The molecule has 8 heavy (non-hydrogen) atoms. The maximum absolute atomic E-state index is 5.15. The van der Waals surface area contributed by atoms with Gasteiger partial charge in [0, 0.05) is 6.54 Å². The first kappa shape index (κ1) is 7.73. The lowest BCUT2D eigenvalue weighted by Gasteiger charge is -1.84. The molecule has 0 heterocycles. The third-order valence-electron chi connectivity index (χ3n) is 0.597. The Morgan fingerprint density at radius 1 is 1.88 bits per heavy atom. The minimum atomic E-state index is 0.689. The molecule has 1 N–H and O–H groups in total. The Morgan fingerprint density at radius 2 is 2.50 bits per heavy atom. The third kappa shape index (κ3) is 5.73. The molecular formula is C6H10ClN. The van der Waals surface area contributed by atoms with E-state index < -0.39 is 0 Å². The fourth-order valence-electron chi connectivity index (χ4n) is 0.305. The summed E-state index contributed by atoms with van der Waals surface area (Å²) in [5.74, 6) is 0. The summed E-state index contributed by atoms with van der Waals surface area (Å²) in [6, 6.07) is 0. The van der Waals surface area contributed by atoms with Crippen molar-refractivity contribution >= 4 is 11.8 Å². The van der Waals surface area contributed by atoms with Gasteiger partial charge < -0.3 is 0 Å². The molecule has 46 valence electrons. The lowest BCUT2D eigenvalue weighted by molar-refractivity contribution is 1.11. The highest BCUT2D eigenvalue weighted by Gasteiger charge is 1.72. The Balaban J connectivity index is 3.20. The summed E-state index contributed by atoms with van der Waals surface area (Å²) in [5.41, 5.74) is 1.04. The van der Waals surface area contributed by atoms with Gasteiger partial charge in [-0.2, -0.15) is 0 Å². The Bertz CT molecular complexity index is 96.7. The second-order valence-electron chi connectivity index (χ2n) is 1.59. The zero-order valence-electron chi connectivity index (χ0n) is 4.95. The van der Waals surface area contributed by atoms with Crippen molar-refractivity contribution in [1.82, 2.24) is 4.84 Å². The molecule has 0 aromatic carbocycles. The Labute approximate surface area is 55.1 Å². The van der Waals surface area contributed by atoms with Crippen LogP contribution in [0.2, 0.25) is 0 Å². The van der Waals surface area contributed by atoms with Gasteiger partial charge in [0.2, 0.25) is 0 Å². The van der Waals surface area contributed by atoms with E-state index in [4.69, 9.17) is 11.8 Å². The van der Waals surface area contributed by atoms with E-state index in [1.165, 1.54) is 0 Å². The first-order chi connectivity index (χ1) is 3.77. The van der Waals surface area contributed by atoms with Crippen LogP contribution < -0.4 is 4.84 Å². The van der Waals surface area contributed by atoms with E-state index in [9.17, 15) is 0 Å². The number of allylic oxidation sites excluding steroid dienone is 2. The first-order valence-corrected chi connectivity index (χ1v) is 2.80. The first-order valence-electron chi connectivity index (χ1n) is 2.43. The number of halogens is 1. The molecule has 0 unspecified atom stereocenters. The summed E-state index contributed by atoms with van der Waals surface area (Å²) in [7, 11) is 0. The van der Waals surface area contributed by atoms with Crippen molar-refractivity contribution in [1.29, 1.82) is 0 Å². The highest BCUT2D eigenvalue weighted by molar-refractivity contribution is 6.13. The van der Waals surface area contributed by atoms with Gasteiger partial charge in [0.1, 0.15) is 0 Å². The number of rotatable bonds is 3. The van der Waals surface area contributed by atoms with Crippen LogP contribution in [-0.4, -0.2) is 6.54 Å². The third-order valence-corrected chi connectivity index (χ3v) is 0.752. The lowest BCUT2D eigenvalue weighted by atomic mass is 10.3. The molecule has 0 fully saturated rings. The van der Waals surface area contributed by atoms with E-state index in [2.05, 4.69) is 11.4 Å². The van der Waals surface area contributed by atoms with E-state index in [-0.39, 0.29) is 0 Å². The monoisotopic (exact) mass is 131 g/mol. The number of hydrogen-bond acceptors (Lipinski definition) is 1. The zero-order chi connectivity index (χ0) is 6.41. The molecule has 0 saturated heterocycles. The van der Waals surface area contributed by atoms with E-state index in [0.29, 0.717) is 6.54 Å². The maximum Gasteiger partial charge on any atom is 0.0292 e. The van der Waals surface area contributed by atoms with Crippen LogP contribution in [0.15, 0.2) is 24.3 Å². The minimum absolute atomic E-state index is 0.689. The second-order valence-corrected chi connectivity index (χ2v) is 1.85. The highest BCUT2D eigenvalue weighted by atomic mass is 35.5. The molecular weight excluding hydrogens is 122 g/mol. The van der Waals surface area contributed by atoms with Crippen molar-refractivity contribution < 1.29 is 0 Å². The molecule has 2 heteroatoms. The van der Waals surface area contributed by atoms with Crippen molar-refractivity contribution in [3.05, 3.63) is 24.3 Å². The van der Waals surface area contributed by atoms with Crippen LogP contribution in [0.1, 0.15) is 6.92 Å². The van der Waals surface area contributed by atoms with Crippen LogP contribution in [-0.2, 0) is 0 Å². The predicted molar refractivity (Wildman–Crippen MR) is 37.8 cm³/mol. The van der Waals surface area contributed by atoms with Gasteiger partial charge in [0.05, 0.1) is 0 Å². The van der Waals surface area contributed by atoms with Crippen LogP contribution in [0.25, 0.3) is 0 Å². The van der Waals surface area contributed by atoms with E-state index in [0.717, 1.165) is 5.57 Å². The minimum Gasteiger partial charge on any atom is -0.230 e. The number of nitrogens with one attached hydrogen (secondary N) is 1. The van der Waals surface area contributed by atoms with Gasteiger partial charge in [-0.3, -0.25) is 0 Å². The van der Waals surface area contributed by atoms with Crippen molar-refractivity contribution in [3.8, 4) is 0 Å². The van der Waals surface area contributed by atoms with E-state index in [1.54, 1.807) is 0 Å². The second kappa shape index (κ2) is 4.88. The fraction of sp³-hybridized carbons (Fsp3) is 0.333. The van der Waals surface area contributed by atoms with E-state index in [1.807, 2.05) is 19.1 Å². The van der Waals surface area contributed by atoms with Crippen molar-refractivity contribution in [2.45, 2.75) is 6.92 Å². The molecule has 0 bridgehead atoms. The standard InChI is InChI=1S/C6H10ClN/c1-6(2)4-3-5-8-7/h3-4,8H,1,5H2,2H3/b4-3-. The molecule has 1 nitrogen and oxygen atoms in total. The topological polar surface area (TPSA) is 12.0 Å². The molecule has 0 saturated carbocycles. The Morgan fingerprint density at radius 3 is 2.88 bits per heavy atom. The molecule has 0 aliphatic rings. The predicted octanol–water partition coefficient (Wildman–Crippen LogP) is 1.86. The maximum atomic E-state index is 5.15. The van der Waals surface area contributed by atoms with Gasteiger partial charge in [-0.1, -0.05) is 24.3 Å². The average molecular weight is 132 g/mol. The van der Waals surface area contributed by atoms with Crippen LogP contribution >= 0.6 is 11.8 Å². The smallest absolute Gasteiger partial charge is 0.0292 e. The quantitative estimate of drug-likeness (QED) is 0.456. The summed E-state index contributed by atoms with van der Waals surface area (Å²) < 4.78 is 0. The summed E-state index contributed by atoms with van der Waals surface area (Å²) in [5, 5.41) is 0. The SMILES string of the molecule is C=C(C)/C=C\CNCl. The molecule has 0 amide bonds. The molecule has 0 aromatic heterocycles. The normalized spacial score (nSPS) is 10.2. The molecule has 0 aliphatic carbocycles. The average Bonchev–Trinajstić information content (AvgIpc) is 1.66. The van der Waals surface area contributed by atoms with Crippen molar-refractivity contribution in [2.75, 3.05) is 6.54 Å². The van der Waals surface area contributed by atoms with Gasteiger partial charge in [-0.25, -0.2) is 4.84 Å². The Hall–Kier alpha value is -0.270. The van der Waals surface area contributed by atoms with Crippen molar-refractivity contribution in [2.24, 2.45) is 0 Å². The van der Waals surface area contributed by atoms with Gasteiger partial charge in [0.25, 0.3) is 0 Å². The van der Waals surface area contributed by atoms with Gasteiger partial charge >= 0.3 is 0 Å². The van der Waals surface area contributed by atoms with E-state index >= 15 is 0 Å². The largest absolute Gasteiger partial charge is 0.230 e. The molecule has 0 rings (SSSR count). The van der Waals surface area contributed by atoms with Crippen LogP contribution in [0, 0.1) is 0 Å². The summed E-state index contributed by atoms with van der Waals surface area (Å²) >= 11 is 5.15. The summed E-state index contributed by atoms with van der Waals surface area (Å²) in [4.78, 5) is 2.47. The van der Waals surface area contributed by atoms with Gasteiger partial charge in [-0.15, -0.1) is 0 Å². The zero-order valence-corrected chi connectivity index (χ0v) is 5.70. The van der Waals surface area contributed by atoms with Crippen molar-refractivity contribution in [3.63, 3.8) is 0 Å². The highest BCUT2D eigenvalue weighted by Crippen LogP contribution is 1.86. The molecule has 0 aromatic rings. The lowest BCUT2D eigenvalue weighted by Crippen LogP contribution is -1.95. The van der Waals surface area contributed by atoms with Crippen LogP contribution in [0.3, 0.4) is 0 Å². The van der Waals surface area contributed by atoms with Gasteiger partial charge in [0.15, 0.2) is 0 Å².